The Morgan fingerprint density at radius 3 is 2.80 bits per heavy atom. The molecule has 1 fully saturated rings. The van der Waals surface area contributed by atoms with Crippen LogP contribution in [0.25, 0.3) is 0 Å². The summed E-state index contributed by atoms with van der Waals surface area (Å²) in [5.74, 6) is 0.482. The summed E-state index contributed by atoms with van der Waals surface area (Å²) in [6, 6.07) is 3.69. The summed E-state index contributed by atoms with van der Waals surface area (Å²) < 4.78 is 38.7. The minimum Gasteiger partial charge on any atom is -0.384 e. The molecule has 1 heterocycles. The van der Waals surface area contributed by atoms with E-state index in [1.165, 1.54) is 6.07 Å². The van der Waals surface area contributed by atoms with E-state index in [1.54, 1.807) is 0 Å². The Labute approximate surface area is 125 Å². The van der Waals surface area contributed by atoms with Crippen molar-refractivity contribution in [2.45, 2.75) is 19.0 Å². The van der Waals surface area contributed by atoms with Gasteiger partial charge in [-0.1, -0.05) is 0 Å². The van der Waals surface area contributed by atoms with Gasteiger partial charge in [-0.2, -0.15) is 13.2 Å². The van der Waals surface area contributed by atoms with Gasteiger partial charge in [0.2, 0.25) is 0 Å². The third kappa shape index (κ3) is 4.12. The first-order valence-electron chi connectivity index (χ1n) is 6.65. The highest BCUT2D eigenvalue weighted by molar-refractivity contribution is 9.10. The molecule has 0 aliphatic carbocycles. The summed E-state index contributed by atoms with van der Waals surface area (Å²) in [6.07, 6.45) is -2.04. The van der Waals surface area contributed by atoms with Crippen LogP contribution in [0.2, 0.25) is 0 Å². The van der Waals surface area contributed by atoms with E-state index in [0.717, 1.165) is 38.1 Å². The first-order valence-corrected chi connectivity index (χ1v) is 7.44. The van der Waals surface area contributed by atoms with Gasteiger partial charge in [0.1, 0.15) is 0 Å². The zero-order chi connectivity index (χ0) is 14.8. The summed E-state index contributed by atoms with van der Waals surface area (Å²) >= 11 is 3.29. The standard InChI is InChI=1S/C14H18BrF3N2/c1-20-6-2-3-10(9-20)8-19-13-7-11(14(16,17)18)4-5-12(13)15/h4-5,7,10,19H,2-3,6,8-9H2,1H3. The van der Waals surface area contributed by atoms with Crippen LogP contribution in [0.3, 0.4) is 0 Å². The molecule has 1 aliphatic heterocycles. The lowest BCUT2D eigenvalue weighted by Crippen LogP contribution is -2.35. The maximum absolute atomic E-state index is 12.7. The van der Waals surface area contributed by atoms with Crippen molar-refractivity contribution < 1.29 is 13.2 Å². The van der Waals surface area contributed by atoms with Gasteiger partial charge in [0.05, 0.1) is 5.56 Å². The van der Waals surface area contributed by atoms with E-state index >= 15 is 0 Å². The predicted octanol–water partition coefficient (Wildman–Crippen LogP) is 4.22. The van der Waals surface area contributed by atoms with Crippen molar-refractivity contribution in [3.63, 3.8) is 0 Å². The van der Waals surface area contributed by atoms with Crippen molar-refractivity contribution in [1.82, 2.24) is 4.90 Å². The van der Waals surface area contributed by atoms with Crippen LogP contribution in [-0.2, 0) is 6.18 Å². The normalized spacial score (nSPS) is 20.9. The Hall–Kier alpha value is -0.750. The van der Waals surface area contributed by atoms with Crippen molar-refractivity contribution >= 4 is 21.6 Å². The average molecular weight is 351 g/mol. The molecular formula is C14H18BrF3N2. The molecule has 1 N–H and O–H groups in total. The average Bonchev–Trinajstić information content (AvgIpc) is 2.36. The summed E-state index contributed by atoms with van der Waals surface area (Å²) in [5.41, 5.74) is -0.114. The molecule has 20 heavy (non-hydrogen) atoms. The Morgan fingerprint density at radius 2 is 2.15 bits per heavy atom. The molecule has 2 nitrogen and oxygen atoms in total. The van der Waals surface area contributed by atoms with Crippen LogP contribution in [0, 0.1) is 5.92 Å². The third-order valence-electron chi connectivity index (χ3n) is 3.60. The number of nitrogens with one attached hydrogen (secondary N) is 1. The van der Waals surface area contributed by atoms with Crippen molar-refractivity contribution in [3.8, 4) is 0 Å². The minimum absolute atomic E-state index is 0.482. The van der Waals surface area contributed by atoms with E-state index in [2.05, 4.69) is 33.2 Å². The molecule has 0 aromatic heterocycles. The predicted molar refractivity (Wildman–Crippen MR) is 77.9 cm³/mol. The molecule has 1 aliphatic rings. The molecule has 6 heteroatoms. The van der Waals surface area contributed by atoms with Gasteiger partial charge < -0.3 is 10.2 Å². The fourth-order valence-electron chi connectivity index (χ4n) is 2.53. The monoisotopic (exact) mass is 350 g/mol. The van der Waals surface area contributed by atoms with E-state index < -0.39 is 11.7 Å². The molecule has 2 rings (SSSR count). The zero-order valence-electron chi connectivity index (χ0n) is 11.3. The summed E-state index contributed by atoms with van der Waals surface area (Å²) in [6.45, 7) is 2.79. The molecule has 1 unspecified atom stereocenters. The number of hydrogen-bond acceptors (Lipinski definition) is 2. The molecule has 1 atom stereocenters. The SMILES string of the molecule is CN1CCCC(CNc2cc(C(F)(F)F)ccc2Br)C1. The van der Waals surface area contributed by atoms with E-state index in [-0.39, 0.29) is 0 Å². The second-order valence-electron chi connectivity index (χ2n) is 5.34. The largest absolute Gasteiger partial charge is 0.416 e. The molecule has 0 radical (unpaired) electrons. The summed E-state index contributed by atoms with van der Waals surface area (Å²) in [7, 11) is 2.08. The van der Waals surface area contributed by atoms with Gasteiger partial charge in [0.15, 0.2) is 0 Å². The van der Waals surface area contributed by atoms with Gasteiger partial charge in [-0.25, -0.2) is 0 Å². The van der Waals surface area contributed by atoms with Crippen LogP contribution in [0.4, 0.5) is 18.9 Å². The first-order chi connectivity index (χ1) is 9.36. The van der Waals surface area contributed by atoms with E-state index in [1.807, 2.05) is 0 Å². The fraction of sp³-hybridized carbons (Fsp3) is 0.571. The second kappa shape index (κ2) is 6.35. The van der Waals surface area contributed by atoms with Crippen LogP contribution in [0.5, 0.6) is 0 Å². The number of alkyl halides is 3. The minimum atomic E-state index is -4.30. The van der Waals surface area contributed by atoms with Crippen LogP contribution < -0.4 is 5.32 Å². The number of likely N-dealkylation sites (tertiary alicyclic amines) is 1. The zero-order valence-corrected chi connectivity index (χ0v) is 12.9. The van der Waals surface area contributed by atoms with Gasteiger partial charge in [-0.15, -0.1) is 0 Å². The molecule has 1 aromatic carbocycles. The van der Waals surface area contributed by atoms with Crippen molar-refractivity contribution in [3.05, 3.63) is 28.2 Å². The first kappa shape index (κ1) is 15.6. The van der Waals surface area contributed by atoms with Gasteiger partial charge in [-0.3, -0.25) is 0 Å². The Balaban J connectivity index is 2.01. The number of anilines is 1. The van der Waals surface area contributed by atoms with Crippen LogP contribution >= 0.6 is 15.9 Å². The lowest BCUT2D eigenvalue weighted by atomic mass is 9.98. The van der Waals surface area contributed by atoms with Crippen molar-refractivity contribution in [2.75, 3.05) is 32.0 Å². The van der Waals surface area contributed by atoms with E-state index in [4.69, 9.17) is 0 Å². The van der Waals surface area contributed by atoms with Crippen molar-refractivity contribution in [2.24, 2.45) is 5.92 Å². The quantitative estimate of drug-likeness (QED) is 0.877. The Kier molecular flexibility index (Phi) is 4.96. The highest BCUT2D eigenvalue weighted by atomic mass is 79.9. The third-order valence-corrected chi connectivity index (χ3v) is 4.29. The lowest BCUT2D eigenvalue weighted by molar-refractivity contribution is -0.137. The number of hydrogen-bond donors (Lipinski definition) is 1. The molecule has 1 aromatic rings. The maximum atomic E-state index is 12.7. The van der Waals surface area contributed by atoms with Crippen LogP contribution in [0.1, 0.15) is 18.4 Å². The lowest BCUT2D eigenvalue weighted by Gasteiger charge is -2.30. The van der Waals surface area contributed by atoms with E-state index in [9.17, 15) is 13.2 Å². The van der Waals surface area contributed by atoms with Crippen molar-refractivity contribution in [1.29, 1.82) is 0 Å². The van der Waals surface area contributed by atoms with Crippen LogP contribution in [0.15, 0.2) is 22.7 Å². The number of benzene rings is 1. The Morgan fingerprint density at radius 1 is 1.40 bits per heavy atom. The van der Waals surface area contributed by atoms with Gasteiger partial charge in [0.25, 0.3) is 0 Å². The number of piperidine rings is 1. The molecule has 112 valence electrons. The molecule has 0 saturated carbocycles. The highest BCUT2D eigenvalue weighted by Crippen LogP contribution is 2.34. The molecular weight excluding hydrogens is 333 g/mol. The number of rotatable bonds is 3. The summed E-state index contributed by atoms with van der Waals surface area (Å²) in [5, 5.41) is 3.14. The maximum Gasteiger partial charge on any atom is 0.416 e. The number of halogens is 4. The summed E-state index contributed by atoms with van der Waals surface area (Å²) in [4.78, 5) is 2.26. The van der Waals surface area contributed by atoms with E-state index in [0.29, 0.717) is 22.6 Å². The van der Waals surface area contributed by atoms with Gasteiger partial charge >= 0.3 is 6.18 Å². The highest BCUT2D eigenvalue weighted by Gasteiger charge is 2.31. The fourth-order valence-corrected chi connectivity index (χ4v) is 2.92. The molecule has 0 bridgehead atoms. The molecule has 0 amide bonds. The van der Waals surface area contributed by atoms with Crippen LogP contribution in [-0.4, -0.2) is 31.6 Å². The molecule has 1 saturated heterocycles. The second-order valence-corrected chi connectivity index (χ2v) is 6.20. The topological polar surface area (TPSA) is 15.3 Å². The number of nitrogens with zero attached hydrogens (tertiary/aromatic N) is 1. The van der Waals surface area contributed by atoms with Gasteiger partial charge in [-0.05, 0) is 66.5 Å². The molecule has 0 spiro atoms. The van der Waals surface area contributed by atoms with Gasteiger partial charge in [0, 0.05) is 23.2 Å². The Bertz CT molecular complexity index is 462. The smallest absolute Gasteiger partial charge is 0.384 e.